The Hall–Kier alpha value is -1.89. The van der Waals surface area contributed by atoms with Crippen LogP contribution in [0.4, 0.5) is 6.01 Å². The second-order valence-corrected chi connectivity index (χ2v) is 4.03. The van der Waals surface area contributed by atoms with Gasteiger partial charge in [0.2, 0.25) is 5.89 Å². The van der Waals surface area contributed by atoms with Crippen LogP contribution >= 0.6 is 0 Å². The minimum atomic E-state index is 0.0613. The van der Waals surface area contributed by atoms with E-state index in [1.54, 1.807) is 6.20 Å². The lowest BCUT2D eigenvalue weighted by molar-refractivity contribution is 0.428. The Balaban J connectivity index is 1.93. The van der Waals surface area contributed by atoms with Crippen molar-refractivity contribution in [2.45, 2.75) is 26.4 Å². The van der Waals surface area contributed by atoms with Crippen molar-refractivity contribution in [1.82, 2.24) is 25.1 Å². The summed E-state index contributed by atoms with van der Waals surface area (Å²) in [6, 6.07) is 0.476. The van der Waals surface area contributed by atoms with Gasteiger partial charge in [-0.2, -0.15) is 0 Å². The summed E-state index contributed by atoms with van der Waals surface area (Å²) in [5.41, 5.74) is 0. The number of aromatic nitrogens is 4. The Morgan fingerprint density at radius 2 is 2.28 bits per heavy atom. The van der Waals surface area contributed by atoms with Crippen molar-refractivity contribution in [1.29, 1.82) is 0 Å². The SMILES string of the molecule is CCNC(C)c1nnc(NCc2nccn2C)o1. The number of rotatable bonds is 6. The van der Waals surface area contributed by atoms with Crippen LogP contribution in [0.3, 0.4) is 0 Å². The average Bonchev–Trinajstić information content (AvgIpc) is 2.96. The van der Waals surface area contributed by atoms with Crippen LogP contribution in [0.5, 0.6) is 0 Å². The summed E-state index contributed by atoms with van der Waals surface area (Å²) < 4.78 is 7.44. The molecule has 0 aliphatic rings. The highest BCUT2D eigenvalue weighted by Crippen LogP contribution is 2.13. The molecule has 7 nitrogen and oxygen atoms in total. The molecule has 1 atom stereocenters. The number of aryl methyl sites for hydroxylation is 1. The number of anilines is 1. The highest BCUT2D eigenvalue weighted by Gasteiger charge is 2.12. The van der Waals surface area contributed by atoms with E-state index in [9.17, 15) is 0 Å². The van der Waals surface area contributed by atoms with Gasteiger partial charge < -0.3 is 19.6 Å². The molecule has 0 radical (unpaired) electrons. The van der Waals surface area contributed by atoms with Crippen molar-refractivity contribution in [3.8, 4) is 0 Å². The second kappa shape index (κ2) is 5.63. The molecular weight excluding hydrogens is 232 g/mol. The van der Waals surface area contributed by atoms with Crippen LogP contribution in [0.2, 0.25) is 0 Å². The van der Waals surface area contributed by atoms with Crippen LogP contribution < -0.4 is 10.6 Å². The van der Waals surface area contributed by atoms with Gasteiger partial charge in [-0.3, -0.25) is 0 Å². The molecular formula is C11H18N6O. The van der Waals surface area contributed by atoms with Crippen molar-refractivity contribution >= 4 is 6.01 Å². The topological polar surface area (TPSA) is 80.8 Å². The highest BCUT2D eigenvalue weighted by molar-refractivity contribution is 5.18. The van der Waals surface area contributed by atoms with Gasteiger partial charge in [-0.15, -0.1) is 5.10 Å². The van der Waals surface area contributed by atoms with Gasteiger partial charge in [0.25, 0.3) is 0 Å². The molecule has 2 rings (SSSR count). The summed E-state index contributed by atoms with van der Waals surface area (Å²) in [7, 11) is 1.94. The molecule has 18 heavy (non-hydrogen) atoms. The smallest absolute Gasteiger partial charge is 0.315 e. The lowest BCUT2D eigenvalue weighted by Gasteiger charge is -2.06. The molecule has 2 heterocycles. The van der Waals surface area contributed by atoms with E-state index in [-0.39, 0.29) is 6.04 Å². The van der Waals surface area contributed by atoms with Crippen LogP contribution in [-0.2, 0) is 13.6 Å². The fraction of sp³-hybridized carbons (Fsp3) is 0.545. The molecule has 98 valence electrons. The summed E-state index contributed by atoms with van der Waals surface area (Å²) in [5, 5.41) is 14.2. The Labute approximate surface area is 106 Å². The van der Waals surface area contributed by atoms with Gasteiger partial charge in [0.05, 0.1) is 12.6 Å². The summed E-state index contributed by atoms with van der Waals surface area (Å²) in [6.07, 6.45) is 3.65. The predicted octanol–water partition coefficient (Wildman–Crippen LogP) is 1.09. The number of nitrogens with one attached hydrogen (secondary N) is 2. The molecule has 0 aromatic carbocycles. The molecule has 0 spiro atoms. The summed E-state index contributed by atoms with van der Waals surface area (Å²) in [4.78, 5) is 4.20. The third-order valence-corrected chi connectivity index (χ3v) is 2.64. The zero-order valence-corrected chi connectivity index (χ0v) is 10.8. The van der Waals surface area contributed by atoms with Crippen LogP contribution in [0.25, 0.3) is 0 Å². The van der Waals surface area contributed by atoms with Crippen molar-refractivity contribution in [2.75, 3.05) is 11.9 Å². The highest BCUT2D eigenvalue weighted by atomic mass is 16.4. The van der Waals surface area contributed by atoms with E-state index in [0.29, 0.717) is 18.5 Å². The lowest BCUT2D eigenvalue weighted by atomic mass is 10.3. The monoisotopic (exact) mass is 250 g/mol. The quantitative estimate of drug-likeness (QED) is 0.798. The van der Waals surface area contributed by atoms with E-state index in [0.717, 1.165) is 12.4 Å². The summed E-state index contributed by atoms with van der Waals surface area (Å²) >= 11 is 0. The molecule has 7 heteroatoms. The zero-order chi connectivity index (χ0) is 13.0. The van der Waals surface area contributed by atoms with E-state index in [4.69, 9.17) is 4.42 Å². The van der Waals surface area contributed by atoms with Crippen LogP contribution in [0.15, 0.2) is 16.8 Å². The van der Waals surface area contributed by atoms with Crippen LogP contribution in [-0.4, -0.2) is 26.3 Å². The van der Waals surface area contributed by atoms with Gasteiger partial charge in [-0.25, -0.2) is 4.98 Å². The molecule has 0 amide bonds. The van der Waals surface area contributed by atoms with Crippen molar-refractivity contribution in [2.24, 2.45) is 7.05 Å². The minimum Gasteiger partial charge on any atom is -0.406 e. The van der Waals surface area contributed by atoms with Crippen LogP contribution in [0.1, 0.15) is 31.6 Å². The van der Waals surface area contributed by atoms with E-state index >= 15 is 0 Å². The Bertz CT molecular complexity index is 491. The van der Waals surface area contributed by atoms with E-state index in [1.807, 2.05) is 31.7 Å². The minimum absolute atomic E-state index is 0.0613. The first kappa shape index (κ1) is 12.6. The Morgan fingerprint density at radius 3 is 2.94 bits per heavy atom. The normalized spacial score (nSPS) is 12.6. The Kier molecular flexibility index (Phi) is 3.93. The predicted molar refractivity (Wildman–Crippen MR) is 66.9 cm³/mol. The number of hydrogen-bond acceptors (Lipinski definition) is 6. The molecule has 2 N–H and O–H groups in total. The van der Waals surface area contributed by atoms with Crippen LogP contribution in [0, 0.1) is 0 Å². The van der Waals surface area contributed by atoms with Gasteiger partial charge >= 0.3 is 6.01 Å². The molecule has 0 saturated carbocycles. The fourth-order valence-electron chi connectivity index (χ4n) is 1.60. The van der Waals surface area contributed by atoms with Crippen molar-refractivity contribution in [3.63, 3.8) is 0 Å². The molecule has 0 aliphatic heterocycles. The fourth-order valence-corrected chi connectivity index (χ4v) is 1.60. The summed E-state index contributed by atoms with van der Waals surface area (Å²) in [5.74, 6) is 1.49. The maximum atomic E-state index is 5.50. The molecule has 1 unspecified atom stereocenters. The van der Waals surface area contributed by atoms with E-state index < -0.39 is 0 Å². The zero-order valence-electron chi connectivity index (χ0n) is 10.8. The van der Waals surface area contributed by atoms with Crippen molar-refractivity contribution < 1.29 is 4.42 Å². The van der Waals surface area contributed by atoms with Crippen molar-refractivity contribution in [3.05, 3.63) is 24.1 Å². The number of hydrogen-bond donors (Lipinski definition) is 2. The molecule has 0 bridgehead atoms. The third-order valence-electron chi connectivity index (χ3n) is 2.64. The first-order chi connectivity index (χ1) is 8.70. The van der Waals surface area contributed by atoms with Gasteiger partial charge in [-0.05, 0) is 13.5 Å². The first-order valence-corrected chi connectivity index (χ1v) is 5.97. The average molecular weight is 250 g/mol. The number of nitrogens with zero attached hydrogens (tertiary/aromatic N) is 4. The van der Waals surface area contributed by atoms with Gasteiger partial charge in [0.1, 0.15) is 5.82 Å². The Morgan fingerprint density at radius 1 is 1.44 bits per heavy atom. The number of imidazole rings is 1. The summed E-state index contributed by atoms with van der Waals surface area (Å²) in [6.45, 7) is 5.44. The first-order valence-electron chi connectivity index (χ1n) is 5.97. The van der Waals surface area contributed by atoms with Gasteiger partial charge in [0, 0.05) is 19.4 Å². The van der Waals surface area contributed by atoms with E-state index in [2.05, 4.69) is 25.8 Å². The molecule has 2 aromatic heterocycles. The second-order valence-electron chi connectivity index (χ2n) is 4.03. The molecule has 0 aliphatic carbocycles. The maximum Gasteiger partial charge on any atom is 0.315 e. The largest absolute Gasteiger partial charge is 0.406 e. The van der Waals surface area contributed by atoms with Gasteiger partial charge in [-0.1, -0.05) is 12.0 Å². The molecule has 2 aromatic rings. The maximum absolute atomic E-state index is 5.50. The third kappa shape index (κ3) is 2.86. The molecule has 0 saturated heterocycles. The standard InChI is InChI=1S/C11H18N6O/c1-4-12-8(2)10-15-16-11(18-10)14-7-9-13-5-6-17(9)3/h5-6,8,12H,4,7H2,1-3H3,(H,14,16). The molecule has 0 fully saturated rings. The lowest BCUT2D eigenvalue weighted by Crippen LogP contribution is -2.17. The van der Waals surface area contributed by atoms with E-state index in [1.165, 1.54) is 0 Å². The van der Waals surface area contributed by atoms with Gasteiger partial charge in [0.15, 0.2) is 0 Å².